The van der Waals surface area contributed by atoms with E-state index >= 15 is 0 Å². The van der Waals surface area contributed by atoms with Gasteiger partial charge in [-0.25, -0.2) is 4.39 Å². The van der Waals surface area contributed by atoms with Crippen molar-refractivity contribution in [3.05, 3.63) is 29.6 Å². The molecule has 0 saturated heterocycles. The van der Waals surface area contributed by atoms with Gasteiger partial charge in [0.05, 0.1) is 11.4 Å². The van der Waals surface area contributed by atoms with Crippen LogP contribution in [0.1, 0.15) is 17.3 Å². The quantitative estimate of drug-likeness (QED) is 0.580. The number of hydrogen-bond donors (Lipinski definition) is 0. The van der Waals surface area contributed by atoms with Crippen LogP contribution in [0.25, 0.3) is 0 Å². The number of halogens is 1. The van der Waals surface area contributed by atoms with Gasteiger partial charge in [-0.15, -0.1) is 0 Å². The van der Waals surface area contributed by atoms with E-state index in [1.54, 1.807) is 6.92 Å². The molecule has 0 fully saturated rings. The van der Waals surface area contributed by atoms with Crippen LogP contribution in [0.3, 0.4) is 0 Å². The van der Waals surface area contributed by atoms with Gasteiger partial charge in [-0.1, -0.05) is 6.92 Å². The topological polar surface area (TPSA) is 54.5 Å². The Labute approximate surface area is 107 Å². The van der Waals surface area contributed by atoms with Crippen LogP contribution in [0.2, 0.25) is 0 Å². The lowest BCUT2D eigenvalue weighted by Crippen LogP contribution is -2.20. The zero-order valence-corrected chi connectivity index (χ0v) is 11.0. The van der Waals surface area contributed by atoms with Gasteiger partial charge in [-0.05, 0) is 18.2 Å². The fraction of sp³-hybridized carbons (Fsp3) is 0.333. The van der Waals surface area contributed by atoms with Crippen molar-refractivity contribution in [2.75, 3.05) is 23.5 Å². The fourth-order valence-corrected chi connectivity index (χ4v) is 2.07. The molecule has 1 amide bonds. The van der Waals surface area contributed by atoms with Crippen LogP contribution in [0, 0.1) is 5.82 Å². The highest BCUT2D eigenvalue weighted by Crippen LogP contribution is 2.21. The summed E-state index contributed by atoms with van der Waals surface area (Å²) in [6.45, 7) is 1.71. The monoisotopic (exact) mass is 271 g/mol. The third kappa shape index (κ3) is 3.46. The lowest BCUT2D eigenvalue weighted by atomic mass is 10.1. The molecule has 0 aliphatic rings. The predicted molar refractivity (Wildman–Crippen MR) is 68.7 cm³/mol. The van der Waals surface area contributed by atoms with Crippen molar-refractivity contribution < 1.29 is 18.2 Å². The van der Waals surface area contributed by atoms with Crippen LogP contribution >= 0.6 is 0 Å². The highest BCUT2D eigenvalue weighted by atomic mass is 32.2. The largest absolute Gasteiger partial charge is 0.317 e. The van der Waals surface area contributed by atoms with Gasteiger partial charge in [0.1, 0.15) is 5.82 Å². The number of benzene rings is 1. The molecule has 4 nitrogen and oxygen atoms in total. The first kappa shape index (κ1) is 14.5. The van der Waals surface area contributed by atoms with Crippen LogP contribution in [-0.4, -0.2) is 35.0 Å². The normalized spacial score (nSPS) is 11.9. The van der Waals surface area contributed by atoms with Gasteiger partial charge in [-0.3, -0.25) is 13.8 Å². The average Bonchev–Trinajstić information content (AvgIpc) is 2.37. The predicted octanol–water partition coefficient (Wildman–Crippen LogP) is 1.37. The van der Waals surface area contributed by atoms with Gasteiger partial charge in [0.15, 0.2) is 5.78 Å². The number of carbonyl (C=O) groups is 2. The van der Waals surface area contributed by atoms with Crippen molar-refractivity contribution >= 4 is 28.7 Å². The lowest BCUT2D eigenvalue weighted by Gasteiger charge is -2.15. The van der Waals surface area contributed by atoms with E-state index in [4.69, 9.17) is 0 Å². The van der Waals surface area contributed by atoms with Crippen molar-refractivity contribution in [2.24, 2.45) is 0 Å². The Morgan fingerprint density at radius 2 is 2.17 bits per heavy atom. The zero-order valence-electron chi connectivity index (χ0n) is 10.2. The van der Waals surface area contributed by atoms with E-state index in [2.05, 4.69) is 0 Å². The summed E-state index contributed by atoms with van der Waals surface area (Å²) in [5.74, 6) is -0.640. The minimum absolute atomic E-state index is 0.123. The maximum absolute atomic E-state index is 13.1. The molecule has 0 aliphatic heterocycles. The molecule has 0 saturated carbocycles. The number of nitrogens with zero attached hydrogens (tertiary/aromatic N) is 1. The maximum Gasteiger partial charge on any atom is 0.213 e. The summed E-state index contributed by atoms with van der Waals surface area (Å²) < 4.78 is 24.5. The van der Waals surface area contributed by atoms with Gasteiger partial charge in [-0.2, -0.15) is 0 Å². The maximum atomic E-state index is 13.1. The molecular formula is C12H14FNO3S. The van der Waals surface area contributed by atoms with Gasteiger partial charge >= 0.3 is 0 Å². The highest BCUT2D eigenvalue weighted by Gasteiger charge is 2.16. The Hall–Kier alpha value is -1.56. The number of hydrogen-bond acceptors (Lipinski definition) is 3. The second kappa shape index (κ2) is 6.39. The Morgan fingerprint density at radius 1 is 1.50 bits per heavy atom. The van der Waals surface area contributed by atoms with Crippen molar-refractivity contribution in [1.82, 2.24) is 0 Å². The summed E-state index contributed by atoms with van der Waals surface area (Å²) >= 11 is 0. The Balaban J connectivity index is 3.11. The second-order valence-electron chi connectivity index (χ2n) is 3.67. The van der Waals surface area contributed by atoms with E-state index in [0.29, 0.717) is 12.2 Å². The number of rotatable bonds is 6. The van der Waals surface area contributed by atoms with Crippen LogP contribution in [-0.2, 0) is 15.6 Å². The lowest BCUT2D eigenvalue weighted by molar-refractivity contribution is -0.107. The Bertz CT molecular complexity index is 490. The third-order valence-electron chi connectivity index (χ3n) is 2.41. The zero-order chi connectivity index (χ0) is 13.7. The molecule has 0 radical (unpaired) electrons. The number of Topliss-reactive ketones (excluding diaryl/α,β-unsaturated/α-hetero) is 1. The van der Waals surface area contributed by atoms with Crippen molar-refractivity contribution in [3.63, 3.8) is 0 Å². The van der Waals surface area contributed by atoms with Crippen LogP contribution < -0.4 is 4.90 Å². The van der Waals surface area contributed by atoms with E-state index in [-0.39, 0.29) is 22.8 Å². The molecule has 1 atom stereocenters. The van der Waals surface area contributed by atoms with Crippen molar-refractivity contribution in [1.29, 1.82) is 0 Å². The van der Waals surface area contributed by atoms with E-state index in [0.717, 1.165) is 17.0 Å². The summed E-state index contributed by atoms with van der Waals surface area (Å²) in [6, 6.07) is 3.56. The van der Waals surface area contributed by atoms with Gasteiger partial charge in [0.2, 0.25) is 6.41 Å². The number of amides is 1. The molecule has 0 heterocycles. The summed E-state index contributed by atoms with van der Waals surface area (Å²) in [6.07, 6.45) is 0.488. The van der Waals surface area contributed by atoms with Crippen molar-refractivity contribution in [2.45, 2.75) is 6.92 Å². The first-order chi connectivity index (χ1) is 8.49. The molecule has 0 aliphatic carbocycles. The summed E-state index contributed by atoms with van der Waals surface area (Å²) in [7, 11) is 0.189. The summed E-state index contributed by atoms with van der Waals surface area (Å²) in [5, 5.41) is 0. The summed E-state index contributed by atoms with van der Waals surface area (Å²) in [4.78, 5) is 23.7. The number of anilines is 1. The van der Waals surface area contributed by atoms with Crippen molar-refractivity contribution in [3.8, 4) is 0 Å². The van der Waals surface area contributed by atoms with Gasteiger partial charge < -0.3 is 4.90 Å². The van der Waals surface area contributed by atoms with E-state index in [1.807, 2.05) is 0 Å². The fourth-order valence-electron chi connectivity index (χ4n) is 1.42. The Kier molecular flexibility index (Phi) is 5.15. The molecule has 1 unspecified atom stereocenters. The highest BCUT2D eigenvalue weighted by molar-refractivity contribution is 7.85. The molecule has 0 spiro atoms. The molecule has 0 bridgehead atoms. The molecule has 18 heavy (non-hydrogen) atoms. The average molecular weight is 271 g/mol. The van der Waals surface area contributed by atoms with Crippen LogP contribution in [0.4, 0.5) is 10.1 Å². The number of carbonyl (C=O) groups excluding carboxylic acids is 2. The molecule has 0 N–H and O–H groups in total. The first-order valence-corrected chi connectivity index (χ1v) is 6.84. The molecule has 1 aromatic carbocycles. The summed E-state index contributed by atoms with van der Waals surface area (Å²) in [5.41, 5.74) is 0.385. The standard InChI is InChI=1S/C12H14FNO3S/c1-3-18(17)7-12(16)10-5-4-9(13)6-11(10)14(2)8-15/h4-6,8H,3,7H2,1-2H3. The van der Waals surface area contributed by atoms with Gasteiger partial charge in [0, 0.05) is 29.2 Å². The Morgan fingerprint density at radius 3 is 2.72 bits per heavy atom. The smallest absolute Gasteiger partial charge is 0.213 e. The number of ketones is 1. The third-order valence-corrected chi connectivity index (χ3v) is 3.64. The van der Waals surface area contributed by atoms with Crippen LogP contribution in [0.15, 0.2) is 18.2 Å². The van der Waals surface area contributed by atoms with E-state index in [1.165, 1.54) is 13.1 Å². The molecular weight excluding hydrogens is 257 g/mol. The first-order valence-electron chi connectivity index (χ1n) is 5.35. The molecule has 0 aromatic heterocycles. The molecule has 1 aromatic rings. The minimum atomic E-state index is -1.24. The van der Waals surface area contributed by atoms with Gasteiger partial charge in [0.25, 0.3) is 0 Å². The SMILES string of the molecule is CCS(=O)CC(=O)c1ccc(F)cc1N(C)C=O. The van der Waals surface area contributed by atoms with E-state index in [9.17, 15) is 18.2 Å². The molecule has 6 heteroatoms. The molecule has 1 rings (SSSR count). The van der Waals surface area contributed by atoms with E-state index < -0.39 is 16.6 Å². The molecule has 98 valence electrons. The second-order valence-corrected chi connectivity index (χ2v) is 5.42. The minimum Gasteiger partial charge on any atom is -0.317 e. The van der Waals surface area contributed by atoms with Crippen LogP contribution in [0.5, 0.6) is 0 Å².